The number of nitrogens with zero attached hydrogens (tertiary/aromatic N) is 3. The Hall–Kier alpha value is -2.35. The van der Waals surface area contributed by atoms with Crippen LogP contribution in [-0.2, 0) is 11.3 Å². The predicted octanol–water partition coefficient (Wildman–Crippen LogP) is 1.84. The second-order valence-electron chi connectivity index (χ2n) is 8.30. The van der Waals surface area contributed by atoms with Gasteiger partial charge < -0.3 is 26.0 Å². The molecule has 0 spiro atoms. The molecule has 0 aromatic heterocycles. The quantitative estimate of drug-likeness (QED) is 0.483. The first kappa shape index (κ1) is 22.3. The second-order valence-corrected chi connectivity index (χ2v) is 8.30. The molecule has 1 aromatic carbocycles. The fourth-order valence-corrected chi connectivity index (χ4v) is 4.31. The Morgan fingerprint density at radius 3 is 2.73 bits per heavy atom. The number of hydrogen-bond donors (Lipinski definition) is 3. The van der Waals surface area contributed by atoms with Crippen molar-refractivity contribution in [2.45, 2.75) is 51.7 Å². The van der Waals surface area contributed by atoms with Gasteiger partial charge in [-0.2, -0.15) is 0 Å². The number of aliphatic hydroxyl groups is 1. The Balaban J connectivity index is 1.65. The number of aliphatic imine (C=N–C) groups is 1. The van der Waals surface area contributed by atoms with Crippen LogP contribution >= 0.6 is 0 Å². The molecular weight excluding hydrogens is 385 g/mol. The zero-order valence-corrected chi connectivity index (χ0v) is 17.8. The molecule has 2 aliphatic heterocycles. The van der Waals surface area contributed by atoms with E-state index in [1.807, 2.05) is 24.0 Å². The topological polar surface area (TPSA) is 94.2 Å². The highest BCUT2D eigenvalue weighted by molar-refractivity contribution is 5.80. The van der Waals surface area contributed by atoms with Crippen LogP contribution in [0.4, 0.5) is 10.1 Å². The largest absolute Gasteiger partial charge is 0.393 e. The van der Waals surface area contributed by atoms with E-state index in [1.54, 1.807) is 6.07 Å². The molecule has 2 saturated heterocycles. The summed E-state index contributed by atoms with van der Waals surface area (Å²) in [5.41, 5.74) is 6.77. The molecule has 4 N–H and O–H groups in total. The third-order valence-corrected chi connectivity index (χ3v) is 5.87. The van der Waals surface area contributed by atoms with Gasteiger partial charge in [0.15, 0.2) is 5.96 Å². The van der Waals surface area contributed by atoms with Crippen molar-refractivity contribution in [3.63, 3.8) is 0 Å². The number of aliphatic hydroxyl groups excluding tert-OH is 1. The van der Waals surface area contributed by atoms with Crippen LogP contribution in [0.25, 0.3) is 0 Å². The summed E-state index contributed by atoms with van der Waals surface area (Å²) in [5, 5.41) is 13.0. The molecule has 0 bridgehead atoms. The van der Waals surface area contributed by atoms with E-state index in [4.69, 9.17) is 10.7 Å². The number of nitrogens with one attached hydrogen (secondary N) is 1. The minimum Gasteiger partial charge on any atom is -0.393 e. The van der Waals surface area contributed by atoms with Gasteiger partial charge in [0.1, 0.15) is 5.82 Å². The van der Waals surface area contributed by atoms with E-state index in [0.29, 0.717) is 44.6 Å². The van der Waals surface area contributed by atoms with E-state index in [0.717, 1.165) is 44.0 Å². The molecule has 2 heterocycles. The molecule has 2 fully saturated rings. The summed E-state index contributed by atoms with van der Waals surface area (Å²) < 4.78 is 14.7. The maximum atomic E-state index is 14.7. The Morgan fingerprint density at radius 1 is 1.30 bits per heavy atom. The van der Waals surface area contributed by atoms with Crippen molar-refractivity contribution >= 4 is 17.6 Å². The summed E-state index contributed by atoms with van der Waals surface area (Å²) in [6.45, 7) is 6.12. The highest BCUT2D eigenvalue weighted by Crippen LogP contribution is 2.25. The number of benzene rings is 1. The molecule has 0 saturated carbocycles. The van der Waals surface area contributed by atoms with Crippen molar-refractivity contribution in [2.24, 2.45) is 16.6 Å². The molecule has 30 heavy (non-hydrogen) atoms. The smallest absolute Gasteiger partial charge is 0.217 e. The normalized spacial score (nSPS) is 21.0. The Kier molecular flexibility index (Phi) is 7.90. The number of likely N-dealkylation sites (tertiary alicyclic amines) is 1. The fourth-order valence-electron chi connectivity index (χ4n) is 4.31. The Morgan fingerprint density at radius 2 is 2.07 bits per heavy atom. The molecule has 1 unspecified atom stereocenters. The predicted molar refractivity (Wildman–Crippen MR) is 117 cm³/mol. The number of primary amides is 1. The number of carbonyl (C=O) groups is 1. The molecule has 166 valence electrons. The summed E-state index contributed by atoms with van der Waals surface area (Å²) in [7, 11) is 0. The summed E-state index contributed by atoms with van der Waals surface area (Å²) in [5.74, 6) is 0.534. The van der Waals surface area contributed by atoms with Crippen LogP contribution in [0.15, 0.2) is 23.2 Å². The van der Waals surface area contributed by atoms with Crippen LogP contribution in [0.3, 0.4) is 0 Å². The maximum absolute atomic E-state index is 14.7. The number of halogens is 1. The van der Waals surface area contributed by atoms with Gasteiger partial charge >= 0.3 is 0 Å². The number of nitrogens with two attached hydrogens (primary N) is 1. The summed E-state index contributed by atoms with van der Waals surface area (Å²) in [4.78, 5) is 20.2. The highest BCUT2D eigenvalue weighted by Gasteiger charge is 2.24. The fraction of sp³-hybridized carbons (Fsp3) is 0.636. The zero-order valence-electron chi connectivity index (χ0n) is 17.8. The number of hydrogen-bond acceptors (Lipinski definition) is 4. The highest BCUT2D eigenvalue weighted by atomic mass is 19.1. The molecule has 7 nitrogen and oxygen atoms in total. The van der Waals surface area contributed by atoms with Crippen molar-refractivity contribution in [3.05, 3.63) is 29.6 Å². The van der Waals surface area contributed by atoms with Crippen molar-refractivity contribution in [1.29, 1.82) is 0 Å². The SMILES string of the molecule is CCNC(=NCc1ccc(N2CCC(O)CC2)c(F)c1)N1CCCC(CC(N)=O)C1. The van der Waals surface area contributed by atoms with Gasteiger partial charge in [-0.05, 0) is 56.2 Å². The molecule has 1 atom stereocenters. The second kappa shape index (κ2) is 10.6. The number of guanidine groups is 1. The zero-order chi connectivity index (χ0) is 21.5. The van der Waals surface area contributed by atoms with Crippen LogP contribution in [0.2, 0.25) is 0 Å². The van der Waals surface area contributed by atoms with Crippen LogP contribution in [0.1, 0.15) is 44.6 Å². The minimum atomic E-state index is -0.278. The van der Waals surface area contributed by atoms with Gasteiger partial charge in [0.25, 0.3) is 0 Å². The molecule has 2 aliphatic rings. The average molecular weight is 420 g/mol. The average Bonchev–Trinajstić information content (AvgIpc) is 2.72. The van der Waals surface area contributed by atoms with Gasteiger partial charge in [0.05, 0.1) is 18.3 Å². The molecule has 0 aliphatic carbocycles. The lowest BCUT2D eigenvalue weighted by Gasteiger charge is -2.34. The maximum Gasteiger partial charge on any atom is 0.217 e. The number of carbonyl (C=O) groups excluding carboxylic acids is 1. The summed E-state index contributed by atoms with van der Waals surface area (Å²) in [6.07, 6.45) is 3.46. The van der Waals surface area contributed by atoms with Crippen LogP contribution in [0, 0.1) is 11.7 Å². The molecule has 8 heteroatoms. The number of rotatable bonds is 6. The van der Waals surface area contributed by atoms with Crippen LogP contribution in [-0.4, -0.2) is 60.7 Å². The molecule has 3 rings (SSSR count). The van der Waals surface area contributed by atoms with Gasteiger partial charge in [-0.3, -0.25) is 4.79 Å². The Labute approximate surface area is 178 Å². The number of piperidine rings is 2. The van der Waals surface area contributed by atoms with Gasteiger partial charge in [-0.15, -0.1) is 0 Å². The van der Waals surface area contributed by atoms with Crippen molar-refractivity contribution in [1.82, 2.24) is 10.2 Å². The first-order valence-electron chi connectivity index (χ1n) is 11.0. The lowest BCUT2D eigenvalue weighted by Crippen LogP contribution is -2.47. The number of amides is 1. The van der Waals surface area contributed by atoms with Gasteiger partial charge in [-0.1, -0.05) is 6.07 Å². The van der Waals surface area contributed by atoms with E-state index < -0.39 is 0 Å². The van der Waals surface area contributed by atoms with E-state index >= 15 is 0 Å². The van der Waals surface area contributed by atoms with Gasteiger partial charge in [0.2, 0.25) is 5.91 Å². The first-order valence-corrected chi connectivity index (χ1v) is 11.0. The van der Waals surface area contributed by atoms with E-state index in [2.05, 4.69) is 10.2 Å². The number of anilines is 1. The van der Waals surface area contributed by atoms with Gasteiger partial charge in [0, 0.05) is 39.1 Å². The standard InChI is InChI=1S/C22H34FN5O2/c1-2-25-22(28-9-3-4-17(15-28)13-21(24)30)26-14-16-5-6-20(19(23)12-16)27-10-7-18(29)8-11-27/h5-6,12,17-18,29H,2-4,7-11,13-15H2,1H3,(H2,24,30)(H,25,26). The van der Waals surface area contributed by atoms with E-state index in [1.165, 1.54) is 0 Å². The van der Waals surface area contributed by atoms with Crippen molar-refractivity contribution in [3.8, 4) is 0 Å². The van der Waals surface area contributed by atoms with Crippen molar-refractivity contribution in [2.75, 3.05) is 37.6 Å². The molecule has 1 aromatic rings. The lowest BCUT2D eigenvalue weighted by atomic mass is 9.95. The minimum absolute atomic E-state index is 0.247. The Bertz CT molecular complexity index is 749. The van der Waals surface area contributed by atoms with Crippen molar-refractivity contribution < 1.29 is 14.3 Å². The summed E-state index contributed by atoms with van der Waals surface area (Å²) >= 11 is 0. The van der Waals surface area contributed by atoms with Crippen LogP contribution < -0.4 is 16.0 Å². The monoisotopic (exact) mass is 419 g/mol. The first-order chi connectivity index (χ1) is 14.5. The van der Waals surface area contributed by atoms with Crippen LogP contribution in [0.5, 0.6) is 0 Å². The van der Waals surface area contributed by atoms with Gasteiger partial charge in [-0.25, -0.2) is 9.38 Å². The molecule has 1 amide bonds. The lowest BCUT2D eigenvalue weighted by molar-refractivity contribution is -0.119. The summed E-state index contributed by atoms with van der Waals surface area (Å²) in [6, 6.07) is 5.29. The third kappa shape index (κ3) is 6.08. The van der Waals surface area contributed by atoms with E-state index in [-0.39, 0.29) is 23.7 Å². The molecular formula is C22H34FN5O2. The van der Waals surface area contributed by atoms with E-state index in [9.17, 15) is 14.3 Å². The third-order valence-electron chi connectivity index (χ3n) is 5.87. The molecule has 0 radical (unpaired) electrons.